The maximum absolute atomic E-state index is 11.9. The molecule has 0 aromatic rings. The van der Waals surface area contributed by atoms with E-state index in [2.05, 4.69) is 9.37 Å². The predicted octanol–water partition coefficient (Wildman–Crippen LogP) is 2.99. The first kappa shape index (κ1) is 21.2. The van der Waals surface area contributed by atoms with Gasteiger partial charge in [-0.05, 0) is 24.7 Å². The monoisotopic (exact) mass is 338 g/mol. The molecule has 0 aliphatic heterocycles. The van der Waals surface area contributed by atoms with Crippen LogP contribution in [0.5, 0.6) is 0 Å². The lowest BCUT2D eigenvalue weighted by molar-refractivity contribution is -0.432. The van der Waals surface area contributed by atoms with Crippen LogP contribution < -0.4 is 0 Å². The molecule has 0 saturated heterocycles. The van der Waals surface area contributed by atoms with Gasteiger partial charge in [-0.1, -0.05) is 32.7 Å². The number of hydrogen-bond donors (Lipinski definition) is 1. The van der Waals surface area contributed by atoms with Gasteiger partial charge in [-0.3, -0.25) is 9.59 Å². The minimum Gasteiger partial charge on any atom is -0.466 e. The van der Waals surface area contributed by atoms with Gasteiger partial charge in [-0.25, -0.2) is 5.26 Å². The molecule has 0 bridgehead atoms. The highest BCUT2D eigenvalue weighted by molar-refractivity contribution is 7.95. The molecule has 130 valence electrons. The molecule has 0 rings (SSSR count). The molecule has 0 spiro atoms. The molecule has 1 N–H and O–H groups in total. The van der Waals surface area contributed by atoms with Gasteiger partial charge in [-0.15, -0.1) is 4.33 Å². The summed E-state index contributed by atoms with van der Waals surface area (Å²) < 4.78 is 14.4. The highest BCUT2D eigenvalue weighted by Crippen LogP contribution is 2.19. The van der Waals surface area contributed by atoms with E-state index in [4.69, 9.17) is 14.7 Å². The molecule has 0 aliphatic carbocycles. The average molecular weight is 338 g/mol. The second kappa shape index (κ2) is 12.7. The molecule has 0 aromatic carbocycles. The van der Waals surface area contributed by atoms with Gasteiger partial charge in [0.05, 0.1) is 31.7 Å². The van der Waals surface area contributed by atoms with Gasteiger partial charge >= 0.3 is 11.9 Å². The van der Waals surface area contributed by atoms with Crippen LogP contribution >= 0.6 is 12.0 Å². The van der Waals surface area contributed by atoms with Crippen molar-refractivity contribution in [1.29, 1.82) is 0 Å². The Morgan fingerprint density at radius 1 is 1.00 bits per heavy atom. The van der Waals surface area contributed by atoms with Gasteiger partial charge in [-0.2, -0.15) is 0 Å². The highest BCUT2D eigenvalue weighted by Gasteiger charge is 2.27. The Bertz CT molecular complexity index is 320. The second-order valence-electron chi connectivity index (χ2n) is 5.68. The number of esters is 2. The molecular formula is C14H26O7S. The lowest BCUT2D eigenvalue weighted by atomic mass is 10.1. The standard InChI is InChI=1S/C14H26O7S/c1-10(2)5-7-18-13(15)9-12(22-21-20-17)14(16)19-8-6-11(3)4/h10-12,17H,5-9H2,1-4H3. The summed E-state index contributed by atoms with van der Waals surface area (Å²) in [5.41, 5.74) is 0. The Kier molecular flexibility index (Phi) is 12.2. The van der Waals surface area contributed by atoms with Crippen LogP contribution in [0.15, 0.2) is 0 Å². The van der Waals surface area contributed by atoms with E-state index in [9.17, 15) is 9.59 Å². The summed E-state index contributed by atoms with van der Waals surface area (Å²) in [7, 11) is 0. The summed E-state index contributed by atoms with van der Waals surface area (Å²) in [5, 5.41) is 10.7. The summed E-state index contributed by atoms with van der Waals surface area (Å²) in [6.45, 7) is 8.61. The van der Waals surface area contributed by atoms with E-state index in [1.54, 1.807) is 0 Å². The Hall–Kier alpha value is -0.830. The molecule has 0 aromatic heterocycles. The van der Waals surface area contributed by atoms with Gasteiger partial charge in [0.2, 0.25) is 0 Å². The predicted molar refractivity (Wildman–Crippen MR) is 81.6 cm³/mol. The number of rotatable bonds is 12. The first-order chi connectivity index (χ1) is 10.4. The lowest BCUT2D eigenvalue weighted by Gasteiger charge is -2.14. The second-order valence-corrected chi connectivity index (χ2v) is 6.58. The van der Waals surface area contributed by atoms with E-state index in [1.807, 2.05) is 27.7 Å². The van der Waals surface area contributed by atoms with Crippen LogP contribution in [0.4, 0.5) is 0 Å². The Labute approximate surface area is 135 Å². The first-order valence-corrected chi connectivity index (χ1v) is 8.13. The zero-order valence-corrected chi connectivity index (χ0v) is 14.4. The number of carbonyl (C=O) groups excluding carboxylic acids is 2. The third-order valence-electron chi connectivity index (χ3n) is 2.70. The molecule has 0 amide bonds. The maximum Gasteiger partial charge on any atom is 0.322 e. The van der Waals surface area contributed by atoms with Crippen LogP contribution in [0.1, 0.15) is 47.0 Å². The fourth-order valence-electron chi connectivity index (χ4n) is 1.33. The third kappa shape index (κ3) is 11.8. The number of carbonyl (C=O) groups is 2. The van der Waals surface area contributed by atoms with E-state index in [0.29, 0.717) is 30.5 Å². The van der Waals surface area contributed by atoms with Crippen molar-refractivity contribution in [3.63, 3.8) is 0 Å². The van der Waals surface area contributed by atoms with Crippen molar-refractivity contribution in [1.82, 2.24) is 0 Å². The molecule has 1 atom stereocenters. The molecule has 0 radical (unpaired) electrons. The summed E-state index contributed by atoms with van der Waals surface area (Å²) in [5.74, 6) is -0.314. The molecule has 0 heterocycles. The van der Waals surface area contributed by atoms with E-state index >= 15 is 0 Å². The minimum atomic E-state index is -0.953. The topological polar surface area (TPSA) is 91.3 Å². The van der Waals surface area contributed by atoms with Crippen molar-refractivity contribution >= 4 is 24.0 Å². The SMILES string of the molecule is CC(C)CCOC(=O)CC(SOOO)C(=O)OCCC(C)C. The van der Waals surface area contributed by atoms with E-state index < -0.39 is 17.2 Å². The largest absolute Gasteiger partial charge is 0.466 e. The minimum absolute atomic E-state index is 0.216. The van der Waals surface area contributed by atoms with Crippen molar-refractivity contribution in [2.45, 2.75) is 52.2 Å². The fraction of sp³-hybridized carbons (Fsp3) is 0.857. The molecule has 7 nitrogen and oxygen atoms in total. The van der Waals surface area contributed by atoms with Gasteiger partial charge < -0.3 is 9.47 Å². The van der Waals surface area contributed by atoms with Gasteiger partial charge in [0, 0.05) is 0 Å². The van der Waals surface area contributed by atoms with Crippen LogP contribution in [0, 0.1) is 11.8 Å². The Balaban J connectivity index is 4.24. The summed E-state index contributed by atoms with van der Waals surface area (Å²) in [6.07, 6.45) is 1.25. The summed E-state index contributed by atoms with van der Waals surface area (Å²) >= 11 is 0.509. The van der Waals surface area contributed by atoms with E-state index in [-0.39, 0.29) is 13.0 Å². The highest BCUT2D eigenvalue weighted by atomic mass is 32.2. The van der Waals surface area contributed by atoms with E-state index in [0.717, 1.165) is 12.8 Å². The van der Waals surface area contributed by atoms with Crippen molar-refractivity contribution in [3.05, 3.63) is 0 Å². The normalized spacial score (nSPS) is 12.5. The molecule has 0 aliphatic rings. The zero-order valence-electron chi connectivity index (χ0n) is 13.6. The quantitative estimate of drug-likeness (QED) is 0.251. The van der Waals surface area contributed by atoms with Crippen LogP contribution in [0.25, 0.3) is 0 Å². The number of ether oxygens (including phenoxy) is 2. The lowest BCUT2D eigenvalue weighted by Crippen LogP contribution is -2.25. The van der Waals surface area contributed by atoms with E-state index in [1.165, 1.54) is 0 Å². The van der Waals surface area contributed by atoms with Crippen LogP contribution in [-0.4, -0.2) is 35.7 Å². The molecule has 1 unspecified atom stereocenters. The Morgan fingerprint density at radius 2 is 1.55 bits per heavy atom. The smallest absolute Gasteiger partial charge is 0.322 e. The Morgan fingerprint density at radius 3 is 2.05 bits per heavy atom. The average Bonchev–Trinajstić information content (AvgIpc) is 2.42. The summed E-state index contributed by atoms with van der Waals surface area (Å²) in [4.78, 5) is 23.6. The molecule has 0 saturated carbocycles. The molecule has 8 heteroatoms. The third-order valence-corrected chi connectivity index (χ3v) is 3.43. The molecule has 0 fully saturated rings. The van der Waals surface area contributed by atoms with Crippen molar-refractivity contribution in [3.8, 4) is 0 Å². The number of hydrogen-bond acceptors (Lipinski definition) is 8. The van der Waals surface area contributed by atoms with Crippen molar-refractivity contribution in [2.24, 2.45) is 11.8 Å². The van der Waals surface area contributed by atoms with Gasteiger partial charge in [0.1, 0.15) is 5.25 Å². The molecular weight excluding hydrogens is 312 g/mol. The summed E-state index contributed by atoms with van der Waals surface area (Å²) in [6, 6.07) is 0. The zero-order chi connectivity index (χ0) is 17.0. The maximum atomic E-state index is 11.9. The van der Waals surface area contributed by atoms with Crippen LogP contribution in [0.2, 0.25) is 0 Å². The van der Waals surface area contributed by atoms with Crippen LogP contribution in [-0.2, 0) is 28.4 Å². The van der Waals surface area contributed by atoms with Crippen LogP contribution in [0.3, 0.4) is 0 Å². The van der Waals surface area contributed by atoms with Gasteiger partial charge in [0.15, 0.2) is 0 Å². The van der Waals surface area contributed by atoms with Crippen molar-refractivity contribution in [2.75, 3.05) is 13.2 Å². The van der Waals surface area contributed by atoms with Gasteiger partial charge in [0.25, 0.3) is 0 Å². The first-order valence-electron chi connectivity index (χ1n) is 7.32. The van der Waals surface area contributed by atoms with Crippen molar-refractivity contribution < 1.29 is 33.7 Å². The molecule has 22 heavy (non-hydrogen) atoms. The fourth-order valence-corrected chi connectivity index (χ4v) is 1.81.